The molecule has 2 aromatic rings. The molecule has 0 saturated carbocycles. The fourth-order valence-electron chi connectivity index (χ4n) is 3.05. The normalized spacial score (nSPS) is 12.0. The fraction of sp³-hybridized carbons (Fsp3) is 0.364. The molecule has 6 nitrogen and oxygen atoms in total. The Labute approximate surface area is 187 Å². The number of anilines is 2. The molecule has 0 radical (unpaired) electrons. The molecule has 8 heteroatoms. The van der Waals surface area contributed by atoms with Crippen LogP contribution in [0.4, 0.5) is 11.4 Å². The number of rotatable bonds is 9. The predicted octanol–water partition coefficient (Wildman–Crippen LogP) is 4.26. The van der Waals surface area contributed by atoms with Crippen LogP contribution in [-0.2, 0) is 9.59 Å². The van der Waals surface area contributed by atoms with Gasteiger partial charge in [0.25, 0.3) is 0 Å². The van der Waals surface area contributed by atoms with Gasteiger partial charge in [0.05, 0.1) is 19.7 Å². The van der Waals surface area contributed by atoms with Crippen molar-refractivity contribution in [2.45, 2.75) is 33.2 Å². The van der Waals surface area contributed by atoms with E-state index in [1.807, 2.05) is 20.8 Å². The highest BCUT2D eigenvalue weighted by Gasteiger charge is 2.22. The van der Waals surface area contributed by atoms with Crippen molar-refractivity contribution in [3.05, 3.63) is 57.6 Å². The zero-order valence-electron chi connectivity index (χ0n) is 17.3. The van der Waals surface area contributed by atoms with Gasteiger partial charge in [0, 0.05) is 27.5 Å². The van der Waals surface area contributed by atoms with E-state index < -0.39 is 0 Å². The third-order valence-corrected chi connectivity index (χ3v) is 5.79. The number of carbonyl (C=O) groups excluding carboxylic acids is 2. The van der Waals surface area contributed by atoms with Crippen LogP contribution in [0.3, 0.4) is 0 Å². The van der Waals surface area contributed by atoms with Crippen LogP contribution in [0.1, 0.15) is 24.5 Å². The zero-order chi connectivity index (χ0) is 22.3. The Kier molecular flexibility index (Phi) is 9.11. The van der Waals surface area contributed by atoms with Gasteiger partial charge in [-0.05, 0) is 55.7 Å². The van der Waals surface area contributed by atoms with E-state index in [0.717, 1.165) is 11.1 Å². The van der Waals surface area contributed by atoms with Gasteiger partial charge in [-0.1, -0.05) is 42.3 Å². The van der Waals surface area contributed by atoms with E-state index in [-0.39, 0.29) is 37.6 Å². The van der Waals surface area contributed by atoms with Crippen molar-refractivity contribution in [2.75, 3.05) is 30.3 Å². The number of nitrogens with zero attached hydrogens (tertiary/aromatic N) is 1. The SMILES string of the molecule is CC[C@H](CO)N(CC(=O)Nc1cccc(Cl)c1C)CC(=O)Nc1cccc(Cl)c1C. The molecule has 1 atom stereocenters. The van der Waals surface area contributed by atoms with Crippen molar-refractivity contribution < 1.29 is 14.7 Å². The quantitative estimate of drug-likeness (QED) is 0.531. The minimum atomic E-state index is -0.331. The van der Waals surface area contributed by atoms with Crippen LogP contribution < -0.4 is 10.6 Å². The minimum Gasteiger partial charge on any atom is -0.395 e. The molecule has 2 amide bonds. The first kappa shape index (κ1) is 24.2. The number of aliphatic hydroxyl groups is 1. The summed E-state index contributed by atoms with van der Waals surface area (Å²) in [4.78, 5) is 26.9. The molecule has 0 bridgehead atoms. The molecule has 0 spiro atoms. The summed E-state index contributed by atoms with van der Waals surface area (Å²) in [6, 6.07) is 10.2. The molecule has 0 aliphatic heterocycles. The third kappa shape index (κ3) is 6.44. The van der Waals surface area contributed by atoms with Crippen LogP contribution >= 0.6 is 23.2 Å². The molecule has 162 valence electrons. The molecular weight excluding hydrogens is 425 g/mol. The summed E-state index contributed by atoms with van der Waals surface area (Å²) in [5.41, 5.74) is 2.76. The molecular formula is C22H27Cl2N3O3. The highest BCUT2D eigenvalue weighted by atomic mass is 35.5. The first-order valence-corrected chi connectivity index (χ1v) is 10.5. The Balaban J connectivity index is 2.09. The van der Waals surface area contributed by atoms with Crippen LogP contribution in [-0.4, -0.2) is 47.6 Å². The van der Waals surface area contributed by atoms with Crippen molar-refractivity contribution in [3.63, 3.8) is 0 Å². The second kappa shape index (κ2) is 11.3. The molecule has 0 fully saturated rings. The molecule has 0 aliphatic rings. The number of nitrogens with one attached hydrogen (secondary N) is 2. The number of aliphatic hydroxyl groups excluding tert-OH is 1. The Morgan fingerprint density at radius 2 is 1.37 bits per heavy atom. The largest absolute Gasteiger partial charge is 0.395 e. The highest BCUT2D eigenvalue weighted by molar-refractivity contribution is 6.32. The maximum absolute atomic E-state index is 12.6. The lowest BCUT2D eigenvalue weighted by atomic mass is 10.1. The van der Waals surface area contributed by atoms with Crippen LogP contribution in [0.2, 0.25) is 10.0 Å². The van der Waals surface area contributed by atoms with Gasteiger partial charge in [-0.15, -0.1) is 0 Å². The van der Waals surface area contributed by atoms with E-state index in [2.05, 4.69) is 10.6 Å². The Morgan fingerprint density at radius 3 is 1.73 bits per heavy atom. The van der Waals surface area contributed by atoms with Gasteiger partial charge in [0.1, 0.15) is 0 Å². The summed E-state index contributed by atoms with van der Waals surface area (Å²) in [7, 11) is 0. The Hall–Kier alpha value is -2.12. The van der Waals surface area contributed by atoms with E-state index >= 15 is 0 Å². The lowest BCUT2D eigenvalue weighted by Crippen LogP contribution is -2.46. The van der Waals surface area contributed by atoms with E-state index in [0.29, 0.717) is 27.8 Å². The summed E-state index contributed by atoms with van der Waals surface area (Å²) < 4.78 is 0. The van der Waals surface area contributed by atoms with Crippen molar-refractivity contribution in [1.29, 1.82) is 0 Å². The predicted molar refractivity (Wildman–Crippen MR) is 122 cm³/mol. The summed E-state index contributed by atoms with van der Waals surface area (Å²) in [6.45, 7) is 5.27. The fourth-order valence-corrected chi connectivity index (χ4v) is 3.40. The summed E-state index contributed by atoms with van der Waals surface area (Å²) >= 11 is 12.2. The number of carbonyl (C=O) groups is 2. The van der Waals surface area contributed by atoms with Gasteiger partial charge in [0.15, 0.2) is 0 Å². The summed E-state index contributed by atoms with van der Waals surface area (Å²) in [6.07, 6.45) is 0.587. The standard InChI is InChI=1S/C22H27Cl2N3O3/c1-4-16(13-28)27(11-21(29)25-19-9-5-7-17(23)14(19)2)12-22(30)26-20-10-6-8-18(24)15(20)3/h5-10,16,28H,4,11-13H2,1-3H3,(H,25,29)(H,26,30)/t16-/m1/s1. The second-order valence-corrected chi connectivity index (χ2v) is 7.89. The van der Waals surface area contributed by atoms with Crippen LogP contribution in [0, 0.1) is 13.8 Å². The first-order chi connectivity index (χ1) is 14.3. The average molecular weight is 452 g/mol. The van der Waals surface area contributed by atoms with Crippen molar-refractivity contribution in [2.24, 2.45) is 0 Å². The Morgan fingerprint density at radius 1 is 0.933 bits per heavy atom. The lowest BCUT2D eigenvalue weighted by molar-refractivity contribution is -0.121. The monoisotopic (exact) mass is 451 g/mol. The number of halogens is 2. The van der Waals surface area contributed by atoms with Crippen LogP contribution in [0.15, 0.2) is 36.4 Å². The van der Waals surface area contributed by atoms with E-state index in [9.17, 15) is 14.7 Å². The van der Waals surface area contributed by atoms with Crippen molar-refractivity contribution in [1.82, 2.24) is 4.90 Å². The minimum absolute atomic E-state index is 0.0486. The second-order valence-electron chi connectivity index (χ2n) is 7.07. The van der Waals surface area contributed by atoms with Gasteiger partial charge < -0.3 is 15.7 Å². The van der Waals surface area contributed by atoms with Crippen molar-refractivity contribution >= 4 is 46.4 Å². The molecule has 0 saturated heterocycles. The van der Waals surface area contributed by atoms with Gasteiger partial charge in [0.2, 0.25) is 11.8 Å². The molecule has 2 rings (SSSR count). The third-order valence-electron chi connectivity index (χ3n) is 4.98. The topological polar surface area (TPSA) is 81.7 Å². The van der Waals surface area contributed by atoms with E-state index in [1.54, 1.807) is 41.3 Å². The van der Waals surface area contributed by atoms with E-state index in [4.69, 9.17) is 23.2 Å². The lowest BCUT2D eigenvalue weighted by Gasteiger charge is -2.28. The average Bonchev–Trinajstić information content (AvgIpc) is 2.70. The number of benzene rings is 2. The molecule has 2 aromatic carbocycles. The molecule has 0 heterocycles. The van der Waals surface area contributed by atoms with Crippen molar-refractivity contribution in [3.8, 4) is 0 Å². The van der Waals surface area contributed by atoms with Crippen LogP contribution in [0.25, 0.3) is 0 Å². The Bertz CT molecular complexity index is 834. The number of amides is 2. The maximum atomic E-state index is 12.6. The van der Waals surface area contributed by atoms with Crippen LogP contribution in [0.5, 0.6) is 0 Å². The maximum Gasteiger partial charge on any atom is 0.238 e. The van der Waals surface area contributed by atoms with E-state index in [1.165, 1.54) is 0 Å². The summed E-state index contributed by atoms with van der Waals surface area (Å²) in [5, 5.41) is 16.5. The molecule has 0 aromatic heterocycles. The summed E-state index contributed by atoms with van der Waals surface area (Å²) in [5.74, 6) is -0.585. The molecule has 30 heavy (non-hydrogen) atoms. The highest BCUT2D eigenvalue weighted by Crippen LogP contribution is 2.24. The smallest absolute Gasteiger partial charge is 0.238 e. The molecule has 0 unspecified atom stereocenters. The molecule has 3 N–H and O–H groups in total. The van der Waals surface area contributed by atoms with Gasteiger partial charge in [-0.3, -0.25) is 14.5 Å². The van der Waals surface area contributed by atoms with Gasteiger partial charge in [-0.25, -0.2) is 0 Å². The van der Waals surface area contributed by atoms with Gasteiger partial charge >= 0.3 is 0 Å². The number of hydrogen-bond donors (Lipinski definition) is 3. The zero-order valence-corrected chi connectivity index (χ0v) is 18.8. The number of hydrogen-bond acceptors (Lipinski definition) is 4. The first-order valence-electron chi connectivity index (χ1n) is 9.71. The van der Waals surface area contributed by atoms with Gasteiger partial charge in [-0.2, -0.15) is 0 Å². The molecule has 0 aliphatic carbocycles.